The van der Waals surface area contributed by atoms with Gasteiger partial charge in [-0.3, -0.25) is 4.79 Å². The number of rotatable bonds is 5. The van der Waals surface area contributed by atoms with Gasteiger partial charge >= 0.3 is 5.97 Å². The van der Waals surface area contributed by atoms with Crippen LogP contribution in [0.25, 0.3) is 32.1 Å². The Balaban J connectivity index is 1.64. The molecule has 3 N–H and O–H groups in total. The first kappa shape index (κ1) is 19.7. The van der Waals surface area contributed by atoms with Crippen LogP contribution < -0.4 is 5.73 Å². The zero-order valence-corrected chi connectivity index (χ0v) is 18.1. The number of anilines is 1. The highest BCUT2D eigenvalue weighted by atomic mass is 35.5. The van der Waals surface area contributed by atoms with E-state index >= 15 is 0 Å². The van der Waals surface area contributed by atoms with E-state index in [0.717, 1.165) is 38.7 Å². The van der Waals surface area contributed by atoms with Crippen molar-refractivity contribution in [2.24, 2.45) is 0 Å². The van der Waals surface area contributed by atoms with E-state index < -0.39 is 5.97 Å². The normalized spacial score (nSPS) is 11.4. The SMILES string of the molecule is Nc1ccc(-c2ccc3c(CC(=O)O)cn(Cc4csc5ccc(Cl)cc45)c3c2)cc1. The number of nitrogens with two attached hydrogens (primary N) is 1. The van der Waals surface area contributed by atoms with E-state index in [9.17, 15) is 9.90 Å². The van der Waals surface area contributed by atoms with Gasteiger partial charge in [0.15, 0.2) is 0 Å². The molecule has 5 aromatic rings. The van der Waals surface area contributed by atoms with Crippen LogP contribution in [0.5, 0.6) is 0 Å². The molecule has 0 aliphatic heterocycles. The van der Waals surface area contributed by atoms with Crippen molar-refractivity contribution in [1.82, 2.24) is 4.57 Å². The lowest BCUT2D eigenvalue weighted by Gasteiger charge is -2.08. The molecule has 2 aromatic heterocycles. The van der Waals surface area contributed by atoms with Crippen molar-refractivity contribution in [3.63, 3.8) is 0 Å². The second kappa shape index (κ2) is 7.76. The van der Waals surface area contributed by atoms with Crippen LogP contribution >= 0.6 is 22.9 Å². The second-order valence-electron chi connectivity index (χ2n) is 7.61. The van der Waals surface area contributed by atoms with Crippen molar-refractivity contribution in [3.8, 4) is 11.1 Å². The van der Waals surface area contributed by atoms with Gasteiger partial charge in [-0.2, -0.15) is 0 Å². The maximum absolute atomic E-state index is 11.4. The van der Waals surface area contributed by atoms with Gasteiger partial charge in [-0.05, 0) is 69.4 Å². The number of halogens is 1. The summed E-state index contributed by atoms with van der Waals surface area (Å²) in [5.74, 6) is -0.838. The lowest BCUT2D eigenvalue weighted by Crippen LogP contribution is -2.00. The molecule has 154 valence electrons. The number of thiophene rings is 1. The van der Waals surface area contributed by atoms with E-state index in [1.807, 2.05) is 60.8 Å². The summed E-state index contributed by atoms with van der Waals surface area (Å²) in [6.45, 7) is 0.641. The van der Waals surface area contributed by atoms with Crippen LogP contribution in [0.3, 0.4) is 0 Å². The van der Waals surface area contributed by atoms with Crippen molar-refractivity contribution >= 4 is 55.6 Å². The lowest BCUT2D eigenvalue weighted by molar-refractivity contribution is -0.136. The Morgan fingerprint density at radius 2 is 1.74 bits per heavy atom. The number of carboxylic acids is 1. The van der Waals surface area contributed by atoms with Gasteiger partial charge in [0.1, 0.15) is 0 Å². The number of hydrogen-bond acceptors (Lipinski definition) is 3. The number of nitrogens with zero attached hydrogens (tertiary/aromatic N) is 1. The molecule has 0 radical (unpaired) electrons. The number of aromatic nitrogens is 1. The fraction of sp³-hybridized carbons (Fsp3) is 0.0800. The topological polar surface area (TPSA) is 68.2 Å². The third kappa shape index (κ3) is 3.78. The van der Waals surface area contributed by atoms with Gasteiger partial charge in [-0.25, -0.2) is 0 Å². The molecule has 0 unspecified atom stereocenters. The minimum atomic E-state index is -0.838. The minimum Gasteiger partial charge on any atom is -0.481 e. The highest BCUT2D eigenvalue weighted by Gasteiger charge is 2.14. The molecule has 0 saturated carbocycles. The Hall–Kier alpha value is -3.28. The van der Waals surface area contributed by atoms with E-state index in [2.05, 4.69) is 16.0 Å². The molecule has 5 rings (SSSR count). The summed E-state index contributed by atoms with van der Waals surface area (Å²) >= 11 is 7.92. The zero-order valence-electron chi connectivity index (χ0n) is 16.5. The molecule has 0 aliphatic rings. The fourth-order valence-corrected chi connectivity index (χ4v) is 5.12. The molecular weight excluding hydrogens is 428 g/mol. The average Bonchev–Trinajstić information content (AvgIpc) is 3.29. The summed E-state index contributed by atoms with van der Waals surface area (Å²) in [4.78, 5) is 11.4. The number of carboxylic acid groups (broad SMARTS) is 1. The molecule has 31 heavy (non-hydrogen) atoms. The highest BCUT2D eigenvalue weighted by Crippen LogP contribution is 2.32. The van der Waals surface area contributed by atoms with Gasteiger partial charge in [-0.1, -0.05) is 35.9 Å². The second-order valence-corrected chi connectivity index (χ2v) is 8.96. The highest BCUT2D eigenvalue weighted by molar-refractivity contribution is 7.17. The number of carbonyl (C=O) groups is 1. The van der Waals surface area contributed by atoms with E-state index in [0.29, 0.717) is 11.6 Å². The molecule has 6 heteroatoms. The molecule has 4 nitrogen and oxygen atoms in total. The van der Waals surface area contributed by atoms with Gasteiger partial charge in [0.25, 0.3) is 0 Å². The van der Waals surface area contributed by atoms with Crippen molar-refractivity contribution in [3.05, 3.63) is 88.4 Å². The predicted octanol–water partition coefficient (Wildman–Crippen LogP) is 6.43. The van der Waals surface area contributed by atoms with Crippen molar-refractivity contribution in [2.45, 2.75) is 13.0 Å². The third-order valence-electron chi connectivity index (χ3n) is 5.51. The molecule has 0 spiro atoms. The van der Waals surface area contributed by atoms with Gasteiger partial charge in [0.2, 0.25) is 0 Å². The Labute approximate surface area is 188 Å². The van der Waals surface area contributed by atoms with E-state index in [1.54, 1.807) is 11.3 Å². The molecule has 0 fully saturated rings. The standard InChI is InChI=1S/C25H19ClN2O2S/c26-19-4-8-24-22(11-19)18(14-31-24)13-28-12-17(10-25(29)30)21-7-3-16(9-23(21)28)15-1-5-20(27)6-2-15/h1-9,11-12,14H,10,13,27H2,(H,29,30). The summed E-state index contributed by atoms with van der Waals surface area (Å²) in [6.07, 6.45) is 1.94. The van der Waals surface area contributed by atoms with Crippen LogP contribution in [0.2, 0.25) is 5.02 Å². The Morgan fingerprint density at radius 3 is 2.52 bits per heavy atom. The zero-order chi connectivity index (χ0) is 21.5. The fourth-order valence-electron chi connectivity index (χ4n) is 4.02. The summed E-state index contributed by atoms with van der Waals surface area (Å²) in [5, 5.41) is 14.3. The maximum atomic E-state index is 11.4. The number of benzene rings is 3. The van der Waals surface area contributed by atoms with Gasteiger partial charge in [-0.15, -0.1) is 11.3 Å². The molecule has 0 atom stereocenters. The molecule has 0 amide bonds. The van der Waals surface area contributed by atoms with Crippen LogP contribution in [0, 0.1) is 0 Å². The monoisotopic (exact) mass is 446 g/mol. The molecule has 0 aliphatic carbocycles. The van der Waals surface area contributed by atoms with E-state index in [1.165, 1.54) is 10.3 Å². The Bertz CT molecular complexity index is 1430. The summed E-state index contributed by atoms with van der Waals surface area (Å²) in [6, 6.07) is 19.9. The number of aliphatic carboxylic acids is 1. The smallest absolute Gasteiger partial charge is 0.307 e. The van der Waals surface area contributed by atoms with Crippen molar-refractivity contribution in [1.29, 1.82) is 0 Å². The summed E-state index contributed by atoms with van der Waals surface area (Å²) < 4.78 is 3.32. The molecule has 2 heterocycles. The number of nitrogen functional groups attached to an aromatic ring is 1. The molecule has 0 saturated heterocycles. The minimum absolute atomic E-state index is 0.0130. The van der Waals surface area contributed by atoms with Crippen LogP contribution in [0.4, 0.5) is 5.69 Å². The average molecular weight is 447 g/mol. The van der Waals surface area contributed by atoms with Crippen LogP contribution in [-0.2, 0) is 17.8 Å². The number of fused-ring (bicyclic) bond motifs is 2. The third-order valence-corrected chi connectivity index (χ3v) is 6.75. The first-order valence-electron chi connectivity index (χ1n) is 9.83. The maximum Gasteiger partial charge on any atom is 0.307 e. The Kier molecular flexibility index (Phi) is 4.93. The van der Waals surface area contributed by atoms with Gasteiger partial charge in [0, 0.05) is 39.1 Å². The molecular formula is C25H19ClN2O2S. The Morgan fingerprint density at radius 1 is 0.968 bits per heavy atom. The van der Waals surface area contributed by atoms with E-state index in [-0.39, 0.29) is 6.42 Å². The quantitative estimate of drug-likeness (QED) is 0.305. The van der Waals surface area contributed by atoms with Crippen LogP contribution in [0.15, 0.2) is 72.2 Å². The summed E-state index contributed by atoms with van der Waals surface area (Å²) in [5.41, 5.74) is 11.7. The van der Waals surface area contributed by atoms with Gasteiger partial charge < -0.3 is 15.4 Å². The predicted molar refractivity (Wildman–Crippen MR) is 129 cm³/mol. The number of hydrogen-bond donors (Lipinski definition) is 2. The van der Waals surface area contributed by atoms with Crippen molar-refractivity contribution in [2.75, 3.05) is 5.73 Å². The summed E-state index contributed by atoms with van der Waals surface area (Å²) in [7, 11) is 0. The first-order valence-corrected chi connectivity index (χ1v) is 11.1. The van der Waals surface area contributed by atoms with Crippen LogP contribution in [0.1, 0.15) is 11.1 Å². The molecule has 3 aromatic carbocycles. The van der Waals surface area contributed by atoms with Crippen molar-refractivity contribution < 1.29 is 9.90 Å². The largest absolute Gasteiger partial charge is 0.481 e. The lowest BCUT2D eigenvalue weighted by atomic mass is 10.0. The van der Waals surface area contributed by atoms with Gasteiger partial charge in [0.05, 0.1) is 6.42 Å². The van der Waals surface area contributed by atoms with Crippen LogP contribution in [-0.4, -0.2) is 15.6 Å². The molecule has 0 bridgehead atoms. The van der Waals surface area contributed by atoms with E-state index in [4.69, 9.17) is 17.3 Å². The first-order chi connectivity index (χ1) is 15.0.